The molecule has 2 N–H and O–H groups in total. The molecule has 0 bridgehead atoms. The molecule has 1 amide bonds. The first-order valence-corrected chi connectivity index (χ1v) is 7.58. The lowest BCUT2D eigenvalue weighted by Crippen LogP contribution is -2.53. The van der Waals surface area contributed by atoms with E-state index in [1.54, 1.807) is 0 Å². The minimum absolute atomic E-state index is 0.115. The van der Waals surface area contributed by atoms with E-state index in [1.165, 1.54) is 19.4 Å². The fourth-order valence-electron chi connectivity index (χ4n) is 3.26. The molecule has 0 aromatic carbocycles. The van der Waals surface area contributed by atoms with E-state index in [2.05, 4.69) is 15.5 Å². The predicted octanol–water partition coefficient (Wildman–Crippen LogP) is -0.179. The standard InChI is InChI=1S/C14H25N3O2/c1-10(11-5-15-6-11)14(18)16-7-13-8-17-4-2-3-12(17)9-19-13/h10-13,15H,2-9H2,1H3,(H,16,18). The zero-order chi connectivity index (χ0) is 13.2. The van der Waals surface area contributed by atoms with Gasteiger partial charge in [-0.05, 0) is 38.4 Å². The molecule has 3 aliphatic rings. The number of nitrogens with zero attached hydrogens (tertiary/aromatic N) is 1. The van der Waals surface area contributed by atoms with Crippen LogP contribution in [0, 0.1) is 11.8 Å². The number of nitrogens with one attached hydrogen (secondary N) is 2. The van der Waals surface area contributed by atoms with Crippen LogP contribution < -0.4 is 10.6 Å². The fourth-order valence-corrected chi connectivity index (χ4v) is 3.26. The van der Waals surface area contributed by atoms with Gasteiger partial charge in [0.25, 0.3) is 0 Å². The van der Waals surface area contributed by atoms with E-state index < -0.39 is 0 Å². The fraction of sp³-hybridized carbons (Fsp3) is 0.929. The van der Waals surface area contributed by atoms with Crippen LogP contribution in [0.3, 0.4) is 0 Å². The van der Waals surface area contributed by atoms with Gasteiger partial charge in [0.2, 0.25) is 5.91 Å². The van der Waals surface area contributed by atoms with Crippen molar-refractivity contribution in [2.45, 2.75) is 31.9 Å². The molecule has 0 spiro atoms. The Bertz CT molecular complexity index is 333. The number of hydrogen-bond donors (Lipinski definition) is 2. The predicted molar refractivity (Wildman–Crippen MR) is 72.9 cm³/mol. The number of rotatable bonds is 4. The molecule has 3 fully saturated rings. The Labute approximate surface area is 115 Å². The molecule has 5 nitrogen and oxygen atoms in total. The van der Waals surface area contributed by atoms with Crippen molar-refractivity contribution in [3.8, 4) is 0 Å². The average molecular weight is 267 g/mol. The summed E-state index contributed by atoms with van der Waals surface area (Å²) in [7, 11) is 0. The number of fused-ring (bicyclic) bond motifs is 1. The van der Waals surface area contributed by atoms with Gasteiger partial charge in [0.05, 0.1) is 12.7 Å². The molecule has 0 aliphatic carbocycles. The van der Waals surface area contributed by atoms with Gasteiger partial charge in [0.15, 0.2) is 0 Å². The van der Waals surface area contributed by atoms with E-state index in [4.69, 9.17) is 4.74 Å². The van der Waals surface area contributed by atoms with Gasteiger partial charge in [-0.15, -0.1) is 0 Å². The summed E-state index contributed by atoms with van der Waals surface area (Å²) in [6.07, 6.45) is 2.73. The van der Waals surface area contributed by atoms with Gasteiger partial charge in [-0.2, -0.15) is 0 Å². The summed E-state index contributed by atoms with van der Waals surface area (Å²) in [5.74, 6) is 0.804. The summed E-state index contributed by atoms with van der Waals surface area (Å²) in [4.78, 5) is 14.6. The third-order valence-electron chi connectivity index (χ3n) is 4.90. The molecular weight excluding hydrogens is 242 g/mol. The highest BCUT2D eigenvalue weighted by atomic mass is 16.5. The van der Waals surface area contributed by atoms with Crippen LogP contribution in [-0.4, -0.2) is 62.3 Å². The van der Waals surface area contributed by atoms with Crippen molar-refractivity contribution in [1.82, 2.24) is 15.5 Å². The lowest BCUT2D eigenvalue weighted by molar-refractivity contribution is -0.128. The Balaban J connectivity index is 1.40. The van der Waals surface area contributed by atoms with E-state index in [-0.39, 0.29) is 17.9 Å². The summed E-state index contributed by atoms with van der Waals surface area (Å²) >= 11 is 0. The van der Waals surface area contributed by atoms with Crippen LogP contribution in [0.15, 0.2) is 0 Å². The van der Waals surface area contributed by atoms with Crippen molar-refractivity contribution in [2.75, 3.05) is 39.3 Å². The second-order valence-corrected chi connectivity index (χ2v) is 6.20. The zero-order valence-electron chi connectivity index (χ0n) is 11.7. The molecular formula is C14H25N3O2. The average Bonchev–Trinajstić information content (AvgIpc) is 2.80. The molecule has 0 radical (unpaired) electrons. The second-order valence-electron chi connectivity index (χ2n) is 6.20. The molecule has 0 aromatic heterocycles. The van der Waals surface area contributed by atoms with Crippen LogP contribution >= 0.6 is 0 Å². The van der Waals surface area contributed by atoms with Crippen LogP contribution in [0.2, 0.25) is 0 Å². The van der Waals surface area contributed by atoms with Gasteiger partial charge in [0, 0.05) is 25.0 Å². The van der Waals surface area contributed by atoms with Crippen molar-refractivity contribution in [2.24, 2.45) is 11.8 Å². The van der Waals surface area contributed by atoms with E-state index >= 15 is 0 Å². The molecule has 19 heavy (non-hydrogen) atoms. The van der Waals surface area contributed by atoms with Gasteiger partial charge < -0.3 is 15.4 Å². The van der Waals surface area contributed by atoms with Crippen LogP contribution in [0.5, 0.6) is 0 Å². The number of ether oxygens (including phenoxy) is 1. The molecule has 3 heterocycles. The minimum atomic E-state index is 0.115. The van der Waals surface area contributed by atoms with Crippen LogP contribution in [0.4, 0.5) is 0 Å². The third-order valence-corrected chi connectivity index (χ3v) is 4.90. The zero-order valence-corrected chi connectivity index (χ0v) is 11.7. The largest absolute Gasteiger partial charge is 0.373 e. The third kappa shape index (κ3) is 2.93. The second kappa shape index (κ2) is 5.77. The monoisotopic (exact) mass is 267 g/mol. The van der Waals surface area contributed by atoms with Crippen molar-refractivity contribution >= 4 is 5.91 Å². The summed E-state index contributed by atoms with van der Waals surface area (Å²) < 4.78 is 5.85. The quantitative estimate of drug-likeness (QED) is 0.742. The van der Waals surface area contributed by atoms with Crippen LogP contribution in [0.25, 0.3) is 0 Å². The SMILES string of the molecule is CC(C(=O)NCC1CN2CCCC2CO1)C1CNC1. The number of carbonyl (C=O) groups excluding carboxylic acids is 1. The lowest BCUT2D eigenvalue weighted by atomic mass is 9.88. The molecule has 5 heteroatoms. The Hall–Kier alpha value is -0.650. The van der Waals surface area contributed by atoms with Crippen LogP contribution in [0.1, 0.15) is 19.8 Å². The minimum Gasteiger partial charge on any atom is -0.373 e. The lowest BCUT2D eigenvalue weighted by Gasteiger charge is -2.36. The van der Waals surface area contributed by atoms with Gasteiger partial charge >= 0.3 is 0 Å². The maximum absolute atomic E-state index is 12.0. The van der Waals surface area contributed by atoms with Crippen molar-refractivity contribution < 1.29 is 9.53 Å². The Morgan fingerprint density at radius 3 is 3.11 bits per heavy atom. The number of hydrogen-bond acceptors (Lipinski definition) is 4. The van der Waals surface area contributed by atoms with Crippen molar-refractivity contribution in [3.63, 3.8) is 0 Å². The van der Waals surface area contributed by atoms with Crippen LogP contribution in [-0.2, 0) is 9.53 Å². The highest BCUT2D eigenvalue weighted by Crippen LogP contribution is 2.22. The van der Waals surface area contributed by atoms with Gasteiger partial charge in [-0.3, -0.25) is 9.69 Å². The molecule has 3 unspecified atom stereocenters. The number of amides is 1. The first-order valence-electron chi connectivity index (χ1n) is 7.58. The van der Waals surface area contributed by atoms with E-state index in [1.807, 2.05) is 6.92 Å². The summed E-state index contributed by atoms with van der Waals surface area (Å²) in [6, 6.07) is 0.631. The smallest absolute Gasteiger partial charge is 0.223 e. The summed E-state index contributed by atoms with van der Waals surface area (Å²) in [5, 5.41) is 6.28. The molecule has 3 aliphatic heterocycles. The molecule has 0 aromatic rings. The van der Waals surface area contributed by atoms with E-state index in [0.717, 1.165) is 26.2 Å². The maximum atomic E-state index is 12.0. The Morgan fingerprint density at radius 2 is 2.37 bits per heavy atom. The normalized spacial score (nSPS) is 33.5. The van der Waals surface area contributed by atoms with E-state index in [0.29, 0.717) is 18.5 Å². The van der Waals surface area contributed by atoms with Gasteiger partial charge in [0.1, 0.15) is 0 Å². The molecule has 0 saturated carbocycles. The first kappa shape index (κ1) is 13.3. The van der Waals surface area contributed by atoms with Gasteiger partial charge in [-0.25, -0.2) is 0 Å². The van der Waals surface area contributed by atoms with Gasteiger partial charge in [-0.1, -0.05) is 6.92 Å². The number of morpholine rings is 1. The summed E-state index contributed by atoms with van der Waals surface area (Å²) in [5.41, 5.74) is 0. The highest BCUT2D eigenvalue weighted by molar-refractivity contribution is 5.78. The highest BCUT2D eigenvalue weighted by Gasteiger charge is 2.33. The van der Waals surface area contributed by atoms with E-state index in [9.17, 15) is 4.79 Å². The Morgan fingerprint density at radius 1 is 1.53 bits per heavy atom. The topological polar surface area (TPSA) is 53.6 Å². The first-order chi connectivity index (χ1) is 9.24. The molecule has 3 saturated heterocycles. The number of carbonyl (C=O) groups is 1. The Kier molecular flexibility index (Phi) is 4.05. The summed E-state index contributed by atoms with van der Waals surface area (Å²) in [6.45, 7) is 7.65. The maximum Gasteiger partial charge on any atom is 0.223 e. The molecule has 3 rings (SSSR count). The van der Waals surface area contributed by atoms with Crippen molar-refractivity contribution in [1.29, 1.82) is 0 Å². The molecule has 108 valence electrons. The van der Waals surface area contributed by atoms with Crippen molar-refractivity contribution in [3.05, 3.63) is 0 Å². The molecule has 3 atom stereocenters.